The number of rotatable bonds is 13. The van der Waals surface area contributed by atoms with Crippen LogP contribution in [0.3, 0.4) is 0 Å². The number of aliphatic hydroxyl groups is 1. The molecule has 1 atom stereocenters. The van der Waals surface area contributed by atoms with Gasteiger partial charge in [-0.1, -0.05) is 72.8 Å². The highest BCUT2D eigenvalue weighted by atomic mass is 32.2. The van der Waals surface area contributed by atoms with Gasteiger partial charge in [0.1, 0.15) is 11.9 Å². The van der Waals surface area contributed by atoms with Crippen LogP contribution in [0, 0.1) is 5.82 Å². The molecule has 0 aromatic heterocycles. The van der Waals surface area contributed by atoms with Crippen LogP contribution < -0.4 is 5.32 Å². The van der Waals surface area contributed by atoms with Gasteiger partial charge in [-0.05, 0) is 28.8 Å². The minimum Gasteiger partial charge on any atom is -0.395 e. The minimum atomic E-state index is -3.79. The molecule has 10 heteroatoms. The van der Waals surface area contributed by atoms with Gasteiger partial charge in [0.2, 0.25) is 21.8 Å². The quantitative estimate of drug-likeness (QED) is 0.346. The Morgan fingerprint density at radius 1 is 0.868 bits per heavy atom. The van der Waals surface area contributed by atoms with E-state index in [0.29, 0.717) is 11.1 Å². The van der Waals surface area contributed by atoms with Gasteiger partial charge >= 0.3 is 0 Å². The molecule has 0 bridgehead atoms. The second kappa shape index (κ2) is 13.8. The number of sulfonamides is 1. The van der Waals surface area contributed by atoms with Crippen molar-refractivity contribution in [3.05, 3.63) is 107 Å². The lowest BCUT2D eigenvalue weighted by atomic mass is 10.0. The standard InChI is InChI=1S/C28H32FN3O5S/c1-38(36,37)31(19-23-10-6-3-7-11-23)21-27(34)32(20-24-12-14-25(29)15-13-24)26(28(35)30-16-17-33)18-22-8-4-2-5-9-22/h2-15,26,33H,16-21H2,1H3,(H,30,35)/t26-/m0/s1. The van der Waals surface area contributed by atoms with E-state index < -0.39 is 40.2 Å². The zero-order valence-electron chi connectivity index (χ0n) is 21.2. The van der Waals surface area contributed by atoms with Crippen molar-refractivity contribution in [2.75, 3.05) is 26.0 Å². The maximum Gasteiger partial charge on any atom is 0.243 e. The monoisotopic (exact) mass is 541 g/mol. The number of halogens is 1. The van der Waals surface area contributed by atoms with Crippen molar-refractivity contribution in [3.8, 4) is 0 Å². The van der Waals surface area contributed by atoms with Crippen molar-refractivity contribution in [3.63, 3.8) is 0 Å². The average Bonchev–Trinajstić information content (AvgIpc) is 2.90. The first-order valence-corrected chi connectivity index (χ1v) is 14.0. The molecule has 0 spiro atoms. The van der Waals surface area contributed by atoms with Crippen molar-refractivity contribution >= 4 is 21.8 Å². The summed E-state index contributed by atoms with van der Waals surface area (Å²) < 4.78 is 39.9. The predicted octanol–water partition coefficient (Wildman–Crippen LogP) is 2.34. The van der Waals surface area contributed by atoms with E-state index in [1.165, 1.54) is 29.2 Å². The summed E-state index contributed by atoms with van der Waals surface area (Å²) in [6, 6.07) is 22.5. The number of aliphatic hydroxyl groups excluding tert-OH is 1. The molecule has 0 radical (unpaired) electrons. The van der Waals surface area contributed by atoms with Gasteiger partial charge in [0.05, 0.1) is 19.4 Å². The lowest BCUT2D eigenvalue weighted by molar-refractivity contribution is -0.141. The lowest BCUT2D eigenvalue weighted by Gasteiger charge is -2.33. The first kappa shape index (κ1) is 29.0. The summed E-state index contributed by atoms with van der Waals surface area (Å²) in [5.74, 6) is -1.53. The van der Waals surface area contributed by atoms with Crippen molar-refractivity contribution in [2.24, 2.45) is 0 Å². The third-order valence-corrected chi connectivity index (χ3v) is 7.13. The molecule has 38 heavy (non-hydrogen) atoms. The normalized spacial score (nSPS) is 12.2. The molecule has 0 aliphatic carbocycles. The van der Waals surface area contributed by atoms with Crippen LogP contribution in [0.4, 0.5) is 4.39 Å². The SMILES string of the molecule is CS(=O)(=O)N(CC(=O)N(Cc1ccc(F)cc1)[C@@H](Cc1ccccc1)C(=O)NCCO)Cc1ccccc1. The van der Waals surface area contributed by atoms with Crippen LogP contribution in [0.1, 0.15) is 16.7 Å². The number of hydrogen-bond acceptors (Lipinski definition) is 5. The summed E-state index contributed by atoms with van der Waals surface area (Å²) in [6.07, 6.45) is 1.19. The fourth-order valence-electron chi connectivity index (χ4n) is 3.96. The summed E-state index contributed by atoms with van der Waals surface area (Å²) >= 11 is 0. The van der Waals surface area contributed by atoms with E-state index in [1.807, 2.05) is 36.4 Å². The van der Waals surface area contributed by atoms with E-state index in [4.69, 9.17) is 0 Å². The highest BCUT2D eigenvalue weighted by molar-refractivity contribution is 7.88. The molecule has 0 saturated carbocycles. The van der Waals surface area contributed by atoms with Gasteiger partial charge in [-0.2, -0.15) is 4.31 Å². The molecular weight excluding hydrogens is 509 g/mol. The first-order valence-electron chi connectivity index (χ1n) is 12.1. The third-order valence-electron chi connectivity index (χ3n) is 5.93. The Bertz CT molecular complexity index is 1290. The zero-order valence-corrected chi connectivity index (χ0v) is 22.0. The van der Waals surface area contributed by atoms with Crippen LogP contribution in [-0.4, -0.2) is 66.5 Å². The average molecular weight is 542 g/mol. The second-order valence-electron chi connectivity index (χ2n) is 8.88. The smallest absolute Gasteiger partial charge is 0.243 e. The number of carbonyl (C=O) groups excluding carboxylic acids is 2. The maximum absolute atomic E-state index is 13.8. The molecule has 0 aliphatic rings. The van der Waals surface area contributed by atoms with Gasteiger partial charge in [0.25, 0.3) is 0 Å². The Kier molecular flexibility index (Phi) is 10.5. The topological polar surface area (TPSA) is 107 Å². The van der Waals surface area contributed by atoms with Gasteiger partial charge in [-0.3, -0.25) is 9.59 Å². The molecule has 8 nitrogen and oxygen atoms in total. The van der Waals surface area contributed by atoms with Crippen LogP contribution in [0.25, 0.3) is 0 Å². The van der Waals surface area contributed by atoms with E-state index in [2.05, 4.69) is 5.32 Å². The molecule has 2 amide bonds. The maximum atomic E-state index is 13.8. The summed E-state index contributed by atoms with van der Waals surface area (Å²) in [4.78, 5) is 28.4. The number of amides is 2. The summed E-state index contributed by atoms with van der Waals surface area (Å²) in [5.41, 5.74) is 2.07. The van der Waals surface area contributed by atoms with Crippen molar-refractivity contribution in [1.29, 1.82) is 0 Å². The van der Waals surface area contributed by atoms with Crippen LogP contribution in [0.15, 0.2) is 84.9 Å². The van der Waals surface area contributed by atoms with Crippen molar-refractivity contribution in [1.82, 2.24) is 14.5 Å². The van der Waals surface area contributed by atoms with Crippen molar-refractivity contribution in [2.45, 2.75) is 25.6 Å². The van der Waals surface area contributed by atoms with Crippen LogP contribution >= 0.6 is 0 Å². The molecule has 2 N–H and O–H groups in total. The van der Waals surface area contributed by atoms with Crippen LogP contribution in [0.5, 0.6) is 0 Å². The van der Waals surface area contributed by atoms with Gasteiger partial charge in [-0.15, -0.1) is 0 Å². The fourth-order valence-corrected chi connectivity index (χ4v) is 4.69. The zero-order chi connectivity index (χ0) is 27.5. The van der Waals surface area contributed by atoms with E-state index in [0.717, 1.165) is 16.1 Å². The molecule has 0 saturated heterocycles. The second-order valence-corrected chi connectivity index (χ2v) is 10.9. The molecular formula is C28H32FN3O5S. The van der Waals surface area contributed by atoms with Crippen molar-refractivity contribution < 1.29 is 27.5 Å². The summed E-state index contributed by atoms with van der Waals surface area (Å²) in [5, 5.41) is 11.9. The third kappa shape index (κ3) is 8.76. The Morgan fingerprint density at radius 3 is 1.97 bits per heavy atom. The molecule has 0 unspecified atom stereocenters. The van der Waals surface area contributed by atoms with Gasteiger partial charge in [0.15, 0.2) is 0 Å². The summed E-state index contributed by atoms with van der Waals surface area (Å²) in [7, 11) is -3.79. The first-order chi connectivity index (χ1) is 18.2. The van der Waals surface area contributed by atoms with Gasteiger partial charge < -0.3 is 15.3 Å². The van der Waals surface area contributed by atoms with E-state index in [-0.39, 0.29) is 32.7 Å². The Morgan fingerprint density at radius 2 is 1.42 bits per heavy atom. The van der Waals surface area contributed by atoms with E-state index in [1.54, 1.807) is 24.3 Å². The number of carbonyl (C=O) groups is 2. The fraction of sp³-hybridized carbons (Fsp3) is 0.286. The molecule has 0 heterocycles. The largest absolute Gasteiger partial charge is 0.395 e. The molecule has 3 aromatic rings. The number of benzene rings is 3. The number of hydrogen-bond donors (Lipinski definition) is 2. The highest BCUT2D eigenvalue weighted by Crippen LogP contribution is 2.17. The Hall–Kier alpha value is -3.60. The molecule has 0 aliphatic heterocycles. The highest BCUT2D eigenvalue weighted by Gasteiger charge is 2.32. The van der Waals surface area contributed by atoms with Crippen LogP contribution in [0.2, 0.25) is 0 Å². The van der Waals surface area contributed by atoms with Crippen LogP contribution in [-0.2, 0) is 39.1 Å². The number of nitrogens with one attached hydrogen (secondary N) is 1. The van der Waals surface area contributed by atoms with Gasteiger partial charge in [-0.25, -0.2) is 12.8 Å². The molecule has 202 valence electrons. The van der Waals surface area contributed by atoms with Gasteiger partial charge in [0, 0.05) is 26.1 Å². The molecule has 3 rings (SSSR count). The van der Waals surface area contributed by atoms with E-state index >= 15 is 0 Å². The Labute approximate surface area is 222 Å². The molecule has 3 aromatic carbocycles. The lowest BCUT2D eigenvalue weighted by Crippen LogP contribution is -2.53. The minimum absolute atomic E-state index is 0.00776. The number of nitrogens with zero attached hydrogens (tertiary/aromatic N) is 2. The summed E-state index contributed by atoms with van der Waals surface area (Å²) in [6.45, 7) is -0.851. The predicted molar refractivity (Wildman–Crippen MR) is 143 cm³/mol. The van der Waals surface area contributed by atoms with E-state index in [9.17, 15) is 27.5 Å². The molecule has 0 fully saturated rings. The Balaban J connectivity index is 1.97.